The highest BCUT2D eigenvalue weighted by Crippen LogP contribution is 2.16. The Morgan fingerprint density at radius 1 is 1.18 bits per heavy atom. The van der Waals surface area contributed by atoms with Crippen molar-refractivity contribution in [2.45, 2.75) is 20.0 Å². The van der Waals surface area contributed by atoms with Crippen molar-refractivity contribution in [2.24, 2.45) is 0 Å². The Hall–Kier alpha value is -3.59. The quantitative estimate of drug-likeness (QED) is 0.473. The first-order valence-corrected chi connectivity index (χ1v) is 8.78. The molecule has 0 spiro atoms. The summed E-state index contributed by atoms with van der Waals surface area (Å²) >= 11 is 0. The van der Waals surface area contributed by atoms with E-state index in [4.69, 9.17) is 4.74 Å². The Kier molecular flexibility index (Phi) is 6.94. The zero-order valence-corrected chi connectivity index (χ0v) is 16.4. The van der Waals surface area contributed by atoms with Crippen LogP contribution < -0.4 is 10.2 Å². The van der Waals surface area contributed by atoms with E-state index in [9.17, 15) is 14.9 Å². The highest BCUT2D eigenvalue weighted by molar-refractivity contribution is 6.01. The van der Waals surface area contributed by atoms with E-state index < -0.39 is 18.0 Å². The number of amides is 1. The predicted octanol–water partition coefficient (Wildman–Crippen LogP) is 3.54. The minimum atomic E-state index is -1.04. The van der Waals surface area contributed by atoms with Gasteiger partial charge in [0, 0.05) is 25.5 Å². The average molecular weight is 377 g/mol. The van der Waals surface area contributed by atoms with Crippen LogP contribution in [0.25, 0.3) is 6.08 Å². The highest BCUT2D eigenvalue weighted by atomic mass is 16.5. The minimum absolute atomic E-state index is 0.173. The summed E-state index contributed by atoms with van der Waals surface area (Å²) in [6, 6.07) is 16.5. The molecule has 0 aliphatic heterocycles. The maximum atomic E-state index is 12.3. The zero-order chi connectivity index (χ0) is 20.7. The molecule has 0 fully saturated rings. The van der Waals surface area contributed by atoms with Crippen LogP contribution in [0.1, 0.15) is 18.1 Å². The summed E-state index contributed by atoms with van der Waals surface area (Å²) in [5.74, 6) is -1.31. The van der Waals surface area contributed by atoms with Gasteiger partial charge in [-0.2, -0.15) is 5.26 Å². The van der Waals surface area contributed by atoms with Crippen LogP contribution in [0.2, 0.25) is 0 Å². The molecule has 6 heteroatoms. The number of nitriles is 1. The second-order valence-corrected chi connectivity index (χ2v) is 6.56. The molecule has 6 nitrogen and oxygen atoms in total. The molecule has 0 saturated carbocycles. The number of nitrogens with one attached hydrogen (secondary N) is 1. The Balaban J connectivity index is 2.04. The number of ether oxygens (including phenoxy) is 1. The van der Waals surface area contributed by atoms with Gasteiger partial charge in [0.15, 0.2) is 6.10 Å². The van der Waals surface area contributed by atoms with Gasteiger partial charge in [-0.1, -0.05) is 24.3 Å². The van der Waals surface area contributed by atoms with Gasteiger partial charge in [-0.05, 0) is 55.3 Å². The van der Waals surface area contributed by atoms with E-state index in [2.05, 4.69) is 5.32 Å². The summed E-state index contributed by atoms with van der Waals surface area (Å²) in [5.41, 5.74) is 3.13. The van der Waals surface area contributed by atoms with E-state index in [0.29, 0.717) is 11.3 Å². The fourth-order valence-corrected chi connectivity index (χ4v) is 2.42. The molecule has 2 aromatic rings. The molecule has 0 heterocycles. The van der Waals surface area contributed by atoms with Gasteiger partial charge in [0.2, 0.25) is 0 Å². The van der Waals surface area contributed by atoms with Crippen molar-refractivity contribution < 1.29 is 14.3 Å². The molecule has 0 saturated heterocycles. The number of benzene rings is 2. The van der Waals surface area contributed by atoms with Crippen molar-refractivity contribution >= 4 is 29.3 Å². The number of hydrogen-bond donors (Lipinski definition) is 1. The van der Waals surface area contributed by atoms with Gasteiger partial charge in [0.25, 0.3) is 5.91 Å². The summed E-state index contributed by atoms with van der Waals surface area (Å²) in [5, 5.41) is 12.0. The second-order valence-electron chi connectivity index (χ2n) is 6.56. The van der Waals surface area contributed by atoms with Crippen LogP contribution in [-0.4, -0.2) is 32.1 Å². The van der Waals surface area contributed by atoms with Crippen LogP contribution in [0, 0.1) is 18.3 Å². The fourth-order valence-electron chi connectivity index (χ4n) is 2.42. The standard InChI is InChI=1S/C22H23N3O3/c1-15-6-5-7-19(12-15)24-21(26)16(2)28-22(27)18(14-23)13-17-8-10-20(11-9-17)25(3)4/h5-13,16H,1-4H3,(H,24,26)/b18-13+. The number of carbonyl (C=O) groups excluding carboxylic acids is 2. The maximum Gasteiger partial charge on any atom is 0.349 e. The molecule has 1 atom stereocenters. The lowest BCUT2D eigenvalue weighted by Gasteiger charge is -2.14. The van der Waals surface area contributed by atoms with Crippen LogP contribution >= 0.6 is 0 Å². The maximum absolute atomic E-state index is 12.3. The van der Waals surface area contributed by atoms with Crippen molar-refractivity contribution in [3.8, 4) is 6.07 Å². The van der Waals surface area contributed by atoms with Crippen molar-refractivity contribution in [3.63, 3.8) is 0 Å². The molecule has 0 aliphatic rings. The molecule has 0 radical (unpaired) electrons. The third kappa shape index (κ3) is 5.71. The third-order valence-electron chi connectivity index (χ3n) is 4.00. The number of rotatable bonds is 6. The van der Waals surface area contributed by atoms with E-state index in [-0.39, 0.29) is 5.57 Å². The lowest BCUT2D eigenvalue weighted by molar-refractivity contribution is -0.148. The Morgan fingerprint density at radius 3 is 2.43 bits per heavy atom. The summed E-state index contributed by atoms with van der Waals surface area (Å²) in [6.45, 7) is 3.37. The third-order valence-corrected chi connectivity index (χ3v) is 4.00. The van der Waals surface area contributed by atoms with Gasteiger partial charge in [-0.15, -0.1) is 0 Å². The molecule has 1 unspecified atom stereocenters. The largest absolute Gasteiger partial charge is 0.448 e. The molecular formula is C22H23N3O3. The molecule has 1 N–H and O–H groups in total. The molecule has 144 valence electrons. The summed E-state index contributed by atoms with van der Waals surface area (Å²) in [4.78, 5) is 26.5. The van der Waals surface area contributed by atoms with Crippen molar-refractivity contribution in [1.82, 2.24) is 0 Å². The molecule has 0 aliphatic carbocycles. The molecule has 1 amide bonds. The number of anilines is 2. The van der Waals surface area contributed by atoms with Crippen molar-refractivity contribution in [1.29, 1.82) is 5.26 Å². The highest BCUT2D eigenvalue weighted by Gasteiger charge is 2.20. The SMILES string of the molecule is Cc1cccc(NC(=O)C(C)OC(=O)/C(C#N)=C/c2ccc(N(C)C)cc2)c1. The fraction of sp³-hybridized carbons (Fsp3) is 0.227. The van der Waals surface area contributed by atoms with Crippen LogP contribution in [-0.2, 0) is 14.3 Å². The summed E-state index contributed by atoms with van der Waals surface area (Å²) in [7, 11) is 3.85. The number of hydrogen-bond acceptors (Lipinski definition) is 5. The molecule has 28 heavy (non-hydrogen) atoms. The van der Waals surface area contributed by atoms with Gasteiger partial charge < -0.3 is 15.0 Å². The van der Waals surface area contributed by atoms with Gasteiger partial charge in [0.1, 0.15) is 11.6 Å². The van der Waals surface area contributed by atoms with Gasteiger partial charge in [0.05, 0.1) is 0 Å². The second kappa shape index (κ2) is 9.38. The van der Waals surface area contributed by atoms with Crippen molar-refractivity contribution in [2.75, 3.05) is 24.3 Å². The van der Waals surface area contributed by atoms with Crippen LogP contribution in [0.15, 0.2) is 54.1 Å². The zero-order valence-electron chi connectivity index (χ0n) is 16.4. The van der Waals surface area contributed by atoms with Crippen LogP contribution in [0.4, 0.5) is 11.4 Å². The molecule has 0 bridgehead atoms. The number of aryl methyl sites for hydroxylation is 1. The molecule has 2 rings (SSSR count). The van der Waals surface area contributed by atoms with Crippen LogP contribution in [0.5, 0.6) is 0 Å². The number of nitrogens with zero attached hydrogens (tertiary/aromatic N) is 2. The van der Waals surface area contributed by atoms with E-state index in [0.717, 1.165) is 11.3 Å². The Morgan fingerprint density at radius 2 is 1.86 bits per heavy atom. The smallest absolute Gasteiger partial charge is 0.349 e. The first-order chi connectivity index (χ1) is 13.3. The minimum Gasteiger partial charge on any atom is -0.448 e. The lowest BCUT2D eigenvalue weighted by Crippen LogP contribution is -2.30. The van der Waals surface area contributed by atoms with Crippen molar-refractivity contribution in [3.05, 3.63) is 65.2 Å². The topological polar surface area (TPSA) is 82.4 Å². The lowest BCUT2D eigenvalue weighted by atomic mass is 10.1. The van der Waals surface area contributed by atoms with E-state index in [1.54, 1.807) is 18.2 Å². The van der Waals surface area contributed by atoms with Gasteiger partial charge >= 0.3 is 5.97 Å². The molecule has 2 aromatic carbocycles. The summed E-state index contributed by atoms with van der Waals surface area (Å²) < 4.78 is 5.15. The summed E-state index contributed by atoms with van der Waals surface area (Å²) in [6.07, 6.45) is 0.397. The number of carbonyl (C=O) groups is 2. The Bertz CT molecular complexity index is 925. The Labute approximate surface area is 165 Å². The van der Waals surface area contributed by atoms with Crippen LogP contribution in [0.3, 0.4) is 0 Å². The molecule has 0 aromatic heterocycles. The van der Waals surface area contributed by atoms with Gasteiger partial charge in [-0.25, -0.2) is 4.79 Å². The number of esters is 1. The van der Waals surface area contributed by atoms with Gasteiger partial charge in [-0.3, -0.25) is 4.79 Å². The van der Waals surface area contributed by atoms with E-state index in [1.807, 2.05) is 62.3 Å². The first kappa shape index (κ1) is 20.7. The first-order valence-electron chi connectivity index (χ1n) is 8.78. The molecular weight excluding hydrogens is 354 g/mol. The normalized spacial score (nSPS) is 11.9. The average Bonchev–Trinajstić information content (AvgIpc) is 2.66. The predicted molar refractivity (Wildman–Crippen MR) is 110 cm³/mol. The monoisotopic (exact) mass is 377 g/mol. The van der Waals surface area contributed by atoms with E-state index >= 15 is 0 Å². The van der Waals surface area contributed by atoms with E-state index in [1.165, 1.54) is 13.0 Å².